The van der Waals surface area contributed by atoms with Gasteiger partial charge in [-0.25, -0.2) is 9.18 Å². The zero-order valence-corrected chi connectivity index (χ0v) is 17.4. The Morgan fingerprint density at radius 3 is 2.48 bits per heavy atom. The molecule has 1 atom stereocenters. The van der Waals surface area contributed by atoms with Crippen molar-refractivity contribution >= 4 is 34.9 Å². The van der Waals surface area contributed by atoms with Crippen molar-refractivity contribution in [1.82, 2.24) is 9.13 Å². The maximum absolute atomic E-state index is 14.2. The smallest absolute Gasteiger partial charge is 0.339 e. The molecule has 0 spiro atoms. The molecular weight excluding hydrogens is 420 g/mol. The summed E-state index contributed by atoms with van der Waals surface area (Å²) in [6.45, 7) is 0. The Kier molecular flexibility index (Phi) is 6.00. The highest BCUT2D eigenvalue weighted by Gasteiger charge is 2.26. The molecule has 1 N–H and O–H groups in total. The molecule has 6 nitrogen and oxygen atoms in total. The van der Waals surface area contributed by atoms with E-state index in [1.165, 1.54) is 29.9 Å². The number of benzene rings is 1. The topological polar surface area (TPSA) is 65.3 Å². The number of halogens is 3. The van der Waals surface area contributed by atoms with E-state index in [-0.39, 0.29) is 15.6 Å². The fourth-order valence-corrected chi connectivity index (χ4v) is 3.47. The van der Waals surface area contributed by atoms with E-state index in [1.807, 2.05) is 0 Å². The van der Waals surface area contributed by atoms with Crippen LogP contribution in [0.5, 0.6) is 0 Å². The van der Waals surface area contributed by atoms with E-state index in [0.717, 1.165) is 0 Å². The average molecular weight is 438 g/mol. The highest BCUT2D eigenvalue weighted by molar-refractivity contribution is 6.31. The molecule has 2 aromatic heterocycles. The molecule has 1 unspecified atom stereocenters. The Hall–Kier alpha value is -2.77. The van der Waals surface area contributed by atoms with E-state index < -0.39 is 17.8 Å². The van der Waals surface area contributed by atoms with Crippen LogP contribution < -0.4 is 10.9 Å². The van der Waals surface area contributed by atoms with Gasteiger partial charge >= 0.3 is 5.97 Å². The summed E-state index contributed by atoms with van der Waals surface area (Å²) in [5, 5.41) is 3.24. The van der Waals surface area contributed by atoms with Crippen LogP contribution in [0.1, 0.15) is 27.7 Å². The summed E-state index contributed by atoms with van der Waals surface area (Å²) in [4.78, 5) is 24.2. The van der Waals surface area contributed by atoms with Crippen molar-refractivity contribution in [3.8, 4) is 0 Å². The van der Waals surface area contributed by atoms with Gasteiger partial charge < -0.3 is 19.2 Å². The van der Waals surface area contributed by atoms with E-state index >= 15 is 0 Å². The number of hydrogen-bond acceptors (Lipinski definition) is 4. The molecule has 0 amide bonds. The van der Waals surface area contributed by atoms with E-state index in [2.05, 4.69) is 5.32 Å². The van der Waals surface area contributed by atoms with Crippen LogP contribution >= 0.6 is 23.2 Å². The van der Waals surface area contributed by atoms with Crippen molar-refractivity contribution in [2.45, 2.75) is 6.04 Å². The molecule has 0 radical (unpaired) electrons. The summed E-state index contributed by atoms with van der Waals surface area (Å²) in [5.74, 6) is -1.12. The lowest BCUT2D eigenvalue weighted by Gasteiger charge is -2.23. The van der Waals surface area contributed by atoms with Gasteiger partial charge in [0, 0.05) is 26.5 Å². The SMILES string of the molecule is COC(=O)c1ccn(C)c1C(Nc1cc(Cl)c(=O)n(C)c1)c1ccc(Cl)c(F)c1. The normalized spacial score (nSPS) is 11.9. The molecule has 152 valence electrons. The summed E-state index contributed by atoms with van der Waals surface area (Å²) < 4.78 is 22.1. The number of pyridine rings is 1. The third-order valence-corrected chi connectivity index (χ3v) is 5.10. The standard InChI is InChI=1S/C20H18Cl2FN3O3/c1-25-7-6-13(20(28)29-3)18(25)17(11-4-5-14(21)16(23)8-11)24-12-9-15(22)19(27)26(2)10-12/h4-10,17,24H,1-3H3. The first-order valence-electron chi connectivity index (χ1n) is 8.54. The quantitative estimate of drug-likeness (QED) is 0.608. The van der Waals surface area contributed by atoms with E-state index in [4.69, 9.17) is 27.9 Å². The highest BCUT2D eigenvalue weighted by Crippen LogP contribution is 2.32. The van der Waals surface area contributed by atoms with Gasteiger partial charge in [-0.3, -0.25) is 4.79 Å². The molecule has 0 aliphatic carbocycles. The van der Waals surface area contributed by atoms with Crippen molar-refractivity contribution < 1.29 is 13.9 Å². The molecule has 0 bridgehead atoms. The zero-order valence-electron chi connectivity index (χ0n) is 15.9. The lowest BCUT2D eigenvalue weighted by Crippen LogP contribution is -2.22. The molecule has 0 aliphatic rings. The van der Waals surface area contributed by atoms with Crippen LogP contribution in [-0.2, 0) is 18.8 Å². The first-order chi connectivity index (χ1) is 13.7. The van der Waals surface area contributed by atoms with Gasteiger partial charge in [0.05, 0.1) is 35.1 Å². The minimum absolute atomic E-state index is 0.0160. The Morgan fingerprint density at radius 1 is 1.14 bits per heavy atom. The maximum Gasteiger partial charge on any atom is 0.339 e. The minimum Gasteiger partial charge on any atom is -0.465 e. The number of hydrogen-bond donors (Lipinski definition) is 1. The number of nitrogens with zero attached hydrogens (tertiary/aromatic N) is 2. The monoisotopic (exact) mass is 437 g/mol. The second kappa shape index (κ2) is 8.31. The van der Waals surface area contributed by atoms with Crippen LogP contribution in [0, 0.1) is 5.82 Å². The summed E-state index contributed by atoms with van der Waals surface area (Å²) >= 11 is 11.9. The highest BCUT2D eigenvalue weighted by atomic mass is 35.5. The second-order valence-electron chi connectivity index (χ2n) is 6.46. The number of carbonyl (C=O) groups excluding carboxylic acids is 1. The van der Waals surface area contributed by atoms with Crippen LogP contribution in [0.25, 0.3) is 0 Å². The number of ether oxygens (including phenoxy) is 1. The lowest BCUT2D eigenvalue weighted by atomic mass is 10.00. The third kappa shape index (κ3) is 4.16. The Labute approximate surface area is 176 Å². The van der Waals surface area contributed by atoms with Gasteiger partial charge in [-0.1, -0.05) is 29.3 Å². The lowest BCUT2D eigenvalue weighted by molar-refractivity contribution is 0.0599. The largest absolute Gasteiger partial charge is 0.465 e. The number of methoxy groups -OCH3 is 1. The fraction of sp³-hybridized carbons (Fsp3) is 0.200. The van der Waals surface area contributed by atoms with E-state index in [9.17, 15) is 14.0 Å². The average Bonchev–Trinajstić information content (AvgIpc) is 3.07. The zero-order chi connectivity index (χ0) is 21.3. The maximum atomic E-state index is 14.2. The number of aryl methyl sites for hydroxylation is 2. The second-order valence-corrected chi connectivity index (χ2v) is 7.28. The molecule has 1 aromatic carbocycles. The summed E-state index contributed by atoms with van der Waals surface area (Å²) in [7, 11) is 4.62. The molecule has 0 fully saturated rings. The Bertz CT molecular complexity index is 1110. The first kappa shape index (κ1) is 21.0. The molecule has 3 rings (SSSR count). The molecule has 0 aliphatic heterocycles. The Balaban J connectivity index is 2.18. The van der Waals surface area contributed by atoms with Gasteiger partial charge in [0.2, 0.25) is 0 Å². The number of esters is 1. The molecule has 0 saturated carbocycles. The summed E-state index contributed by atoms with van der Waals surface area (Å²) in [5.41, 5.74) is 1.54. The van der Waals surface area contributed by atoms with Gasteiger partial charge in [-0.2, -0.15) is 0 Å². The van der Waals surface area contributed by atoms with Crippen LogP contribution in [0.3, 0.4) is 0 Å². The molecule has 29 heavy (non-hydrogen) atoms. The van der Waals surface area contributed by atoms with Crippen LogP contribution in [-0.4, -0.2) is 22.2 Å². The minimum atomic E-state index is -0.663. The number of anilines is 1. The fourth-order valence-electron chi connectivity index (χ4n) is 3.10. The number of carbonyl (C=O) groups is 1. The molecule has 2 heterocycles. The van der Waals surface area contributed by atoms with E-state index in [1.54, 1.807) is 43.2 Å². The Morgan fingerprint density at radius 2 is 1.86 bits per heavy atom. The van der Waals surface area contributed by atoms with Crippen LogP contribution in [0.2, 0.25) is 10.0 Å². The van der Waals surface area contributed by atoms with Crippen LogP contribution in [0.15, 0.2) is 47.5 Å². The van der Waals surface area contributed by atoms with Gasteiger partial charge in [-0.05, 0) is 29.8 Å². The number of rotatable bonds is 5. The molecule has 0 saturated heterocycles. The predicted molar refractivity (Wildman–Crippen MR) is 110 cm³/mol. The number of nitrogens with one attached hydrogen (secondary N) is 1. The van der Waals surface area contributed by atoms with Crippen molar-refractivity contribution in [2.75, 3.05) is 12.4 Å². The van der Waals surface area contributed by atoms with Crippen molar-refractivity contribution in [1.29, 1.82) is 0 Å². The number of aromatic nitrogens is 2. The first-order valence-corrected chi connectivity index (χ1v) is 9.29. The summed E-state index contributed by atoms with van der Waals surface area (Å²) in [6, 6.07) is 6.82. The molecule has 9 heteroatoms. The summed E-state index contributed by atoms with van der Waals surface area (Å²) in [6.07, 6.45) is 3.27. The van der Waals surface area contributed by atoms with Gasteiger partial charge in [-0.15, -0.1) is 0 Å². The molecule has 3 aromatic rings. The predicted octanol–water partition coefficient (Wildman–Crippen LogP) is 4.16. The van der Waals surface area contributed by atoms with Gasteiger partial charge in [0.15, 0.2) is 0 Å². The third-order valence-electron chi connectivity index (χ3n) is 4.53. The van der Waals surface area contributed by atoms with Gasteiger partial charge in [0.1, 0.15) is 10.8 Å². The van der Waals surface area contributed by atoms with Gasteiger partial charge in [0.25, 0.3) is 5.56 Å². The van der Waals surface area contributed by atoms with E-state index in [0.29, 0.717) is 22.5 Å². The van der Waals surface area contributed by atoms with Crippen molar-refractivity contribution in [3.63, 3.8) is 0 Å². The van der Waals surface area contributed by atoms with Crippen molar-refractivity contribution in [3.05, 3.63) is 85.8 Å². The molecular formula is C20H18Cl2FN3O3. The van der Waals surface area contributed by atoms with Crippen molar-refractivity contribution in [2.24, 2.45) is 14.1 Å². The van der Waals surface area contributed by atoms with Crippen LogP contribution in [0.4, 0.5) is 10.1 Å².